The fourth-order valence-electron chi connectivity index (χ4n) is 3.88. The molecule has 0 unspecified atom stereocenters. The first-order valence-corrected chi connectivity index (χ1v) is 12.2. The lowest BCUT2D eigenvalue weighted by molar-refractivity contribution is -0.148. The Morgan fingerprint density at radius 1 is 0.806 bits per heavy atom. The minimum atomic E-state index is -0.859. The SMILES string of the molecule is Cc1cc(OCCCC(C)(C)C(=O)O)c(C(=O)c2ccccc2)c(C)c1OCCCC(C)(C)C(=O)O. The molecule has 0 heterocycles. The summed E-state index contributed by atoms with van der Waals surface area (Å²) in [5.41, 5.74) is 0.692. The molecular formula is C29H38O7. The zero-order valence-electron chi connectivity index (χ0n) is 22.1. The first-order chi connectivity index (χ1) is 16.8. The molecule has 0 bridgehead atoms. The second-order valence-electron chi connectivity index (χ2n) is 10.5. The van der Waals surface area contributed by atoms with Crippen molar-refractivity contribution < 1.29 is 34.1 Å². The Kier molecular flexibility index (Phi) is 9.68. The highest BCUT2D eigenvalue weighted by molar-refractivity contribution is 6.12. The molecule has 2 aromatic carbocycles. The van der Waals surface area contributed by atoms with Crippen LogP contribution in [0.4, 0.5) is 0 Å². The molecule has 0 amide bonds. The molecule has 36 heavy (non-hydrogen) atoms. The molecule has 0 saturated carbocycles. The number of carbonyl (C=O) groups excluding carboxylic acids is 1. The van der Waals surface area contributed by atoms with Gasteiger partial charge in [-0.2, -0.15) is 0 Å². The fourth-order valence-corrected chi connectivity index (χ4v) is 3.88. The van der Waals surface area contributed by atoms with Gasteiger partial charge in [-0.3, -0.25) is 14.4 Å². The van der Waals surface area contributed by atoms with Crippen LogP contribution in [0, 0.1) is 24.7 Å². The number of carboxylic acids is 2. The molecule has 0 aromatic heterocycles. The maximum atomic E-state index is 13.5. The van der Waals surface area contributed by atoms with E-state index >= 15 is 0 Å². The van der Waals surface area contributed by atoms with Crippen molar-refractivity contribution in [2.24, 2.45) is 10.8 Å². The predicted octanol–water partition coefficient (Wildman–Crippen LogP) is 6.07. The van der Waals surface area contributed by atoms with E-state index in [9.17, 15) is 24.6 Å². The Morgan fingerprint density at radius 2 is 1.31 bits per heavy atom. The molecule has 2 rings (SSSR count). The molecule has 196 valence electrons. The van der Waals surface area contributed by atoms with E-state index in [1.54, 1.807) is 58.0 Å². The van der Waals surface area contributed by atoms with Crippen molar-refractivity contribution >= 4 is 17.7 Å². The molecule has 0 aliphatic rings. The number of aliphatic carboxylic acids is 2. The normalized spacial score (nSPS) is 11.7. The first-order valence-electron chi connectivity index (χ1n) is 12.2. The van der Waals surface area contributed by atoms with Crippen LogP contribution in [0.25, 0.3) is 0 Å². The lowest BCUT2D eigenvalue weighted by atomic mass is 9.88. The topological polar surface area (TPSA) is 110 Å². The molecule has 0 atom stereocenters. The van der Waals surface area contributed by atoms with Gasteiger partial charge in [-0.15, -0.1) is 0 Å². The Hall–Kier alpha value is -3.35. The number of benzene rings is 2. The van der Waals surface area contributed by atoms with Crippen LogP contribution >= 0.6 is 0 Å². The summed E-state index contributed by atoms with van der Waals surface area (Å²) in [7, 11) is 0. The van der Waals surface area contributed by atoms with Crippen LogP contribution < -0.4 is 9.47 Å². The summed E-state index contributed by atoms with van der Waals surface area (Å²) in [5, 5.41) is 18.7. The van der Waals surface area contributed by atoms with E-state index in [2.05, 4.69) is 0 Å². The maximum absolute atomic E-state index is 13.5. The Balaban J connectivity index is 2.28. The molecular weight excluding hydrogens is 460 g/mol. The third-order valence-corrected chi connectivity index (χ3v) is 6.48. The van der Waals surface area contributed by atoms with E-state index in [-0.39, 0.29) is 12.4 Å². The second kappa shape index (κ2) is 12.1. The number of ketones is 1. The standard InChI is InChI=1S/C29H38O7/c1-19-18-22(35-16-10-14-28(3,4)26(31)32)23(24(30)21-12-8-7-9-13-21)20(2)25(19)36-17-11-15-29(5,6)27(33)34/h7-9,12-13,18H,10-11,14-17H2,1-6H3,(H,31,32)(H,33,34). The summed E-state index contributed by atoms with van der Waals surface area (Å²) in [4.78, 5) is 36.2. The van der Waals surface area contributed by atoms with Crippen molar-refractivity contribution in [3.8, 4) is 11.5 Å². The van der Waals surface area contributed by atoms with Crippen molar-refractivity contribution in [1.29, 1.82) is 0 Å². The third-order valence-electron chi connectivity index (χ3n) is 6.48. The van der Waals surface area contributed by atoms with E-state index in [0.717, 1.165) is 5.56 Å². The summed E-state index contributed by atoms with van der Waals surface area (Å²) in [6.07, 6.45) is 1.98. The third kappa shape index (κ3) is 7.33. The Bertz CT molecular complexity index is 1080. The number of carbonyl (C=O) groups is 3. The number of rotatable bonds is 14. The number of hydrogen-bond donors (Lipinski definition) is 2. The van der Waals surface area contributed by atoms with Gasteiger partial charge in [-0.25, -0.2) is 0 Å². The van der Waals surface area contributed by atoms with Crippen LogP contribution in [-0.2, 0) is 9.59 Å². The van der Waals surface area contributed by atoms with E-state index in [4.69, 9.17) is 9.47 Å². The van der Waals surface area contributed by atoms with Crippen molar-refractivity contribution in [2.75, 3.05) is 13.2 Å². The first kappa shape index (κ1) is 28.9. The van der Waals surface area contributed by atoms with Crippen LogP contribution in [0.5, 0.6) is 11.5 Å². The van der Waals surface area contributed by atoms with E-state index in [1.165, 1.54) is 0 Å². The lowest BCUT2D eigenvalue weighted by Gasteiger charge is -2.22. The van der Waals surface area contributed by atoms with Crippen molar-refractivity contribution in [3.05, 3.63) is 58.7 Å². The van der Waals surface area contributed by atoms with E-state index < -0.39 is 22.8 Å². The molecule has 2 N–H and O–H groups in total. The molecule has 7 nitrogen and oxygen atoms in total. The quantitative estimate of drug-likeness (QED) is 0.240. The van der Waals surface area contributed by atoms with Gasteiger partial charge in [0.2, 0.25) is 0 Å². The maximum Gasteiger partial charge on any atom is 0.309 e. The zero-order chi connectivity index (χ0) is 27.1. The molecule has 0 radical (unpaired) electrons. The zero-order valence-corrected chi connectivity index (χ0v) is 22.1. The highest BCUT2D eigenvalue weighted by Gasteiger charge is 2.28. The van der Waals surface area contributed by atoms with Crippen LogP contribution in [0.2, 0.25) is 0 Å². The minimum Gasteiger partial charge on any atom is -0.493 e. The number of carboxylic acid groups (broad SMARTS) is 2. The van der Waals surface area contributed by atoms with E-state index in [0.29, 0.717) is 60.5 Å². The van der Waals surface area contributed by atoms with Gasteiger partial charge < -0.3 is 19.7 Å². The van der Waals surface area contributed by atoms with Gasteiger partial charge in [0.15, 0.2) is 5.78 Å². The average Bonchev–Trinajstić information content (AvgIpc) is 2.81. The monoisotopic (exact) mass is 498 g/mol. The number of ether oxygens (including phenoxy) is 2. The molecule has 2 aromatic rings. The lowest BCUT2D eigenvalue weighted by Crippen LogP contribution is -2.24. The molecule has 0 fully saturated rings. The van der Waals surface area contributed by atoms with Gasteiger partial charge in [0.05, 0.1) is 29.6 Å². The molecule has 0 saturated heterocycles. The van der Waals surface area contributed by atoms with Crippen LogP contribution in [0.1, 0.15) is 80.4 Å². The number of aryl methyl sites for hydroxylation is 1. The molecule has 0 spiro atoms. The van der Waals surface area contributed by atoms with Gasteiger partial charge in [0, 0.05) is 11.1 Å². The predicted molar refractivity (Wildman–Crippen MR) is 138 cm³/mol. The summed E-state index contributed by atoms with van der Waals surface area (Å²) in [5.74, 6) is -0.875. The van der Waals surface area contributed by atoms with Gasteiger partial charge in [-0.05, 0) is 78.9 Å². The smallest absolute Gasteiger partial charge is 0.309 e. The van der Waals surface area contributed by atoms with Crippen LogP contribution in [-0.4, -0.2) is 41.1 Å². The van der Waals surface area contributed by atoms with Crippen molar-refractivity contribution in [3.63, 3.8) is 0 Å². The number of hydrogen-bond acceptors (Lipinski definition) is 5. The van der Waals surface area contributed by atoms with Gasteiger partial charge >= 0.3 is 11.9 Å². The second-order valence-corrected chi connectivity index (χ2v) is 10.5. The largest absolute Gasteiger partial charge is 0.493 e. The van der Waals surface area contributed by atoms with E-state index in [1.807, 2.05) is 19.9 Å². The average molecular weight is 499 g/mol. The van der Waals surface area contributed by atoms with Gasteiger partial charge in [-0.1, -0.05) is 30.3 Å². The highest BCUT2D eigenvalue weighted by Crippen LogP contribution is 2.36. The summed E-state index contributed by atoms with van der Waals surface area (Å²) in [6, 6.07) is 10.7. The highest BCUT2D eigenvalue weighted by atomic mass is 16.5. The Labute approximate surface area is 213 Å². The molecule has 0 aliphatic carbocycles. The summed E-state index contributed by atoms with van der Waals surface area (Å²) >= 11 is 0. The molecule has 0 aliphatic heterocycles. The minimum absolute atomic E-state index is 0.189. The summed E-state index contributed by atoms with van der Waals surface area (Å²) in [6.45, 7) is 11.0. The van der Waals surface area contributed by atoms with Crippen LogP contribution in [0.15, 0.2) is 36.4 Å². The van der Waals surface area contributed by atoms with Gasteiger partial charge in [0.1, 0.15) is 11.5 Å². The Morgan fingerprint density at radius 3 is 1.81 bits per heavy atom. The summed E-state index contributed by atoms with van der Waals surface area (Å²) < 4.78 is 12.1. The molecule has 7 heteroatoms. The van der Waals surface area contributed by atoms with Gasteiger partial charge in [0.25, 0.3) is 0 Å². The fraction of sp³-hybridized carbons (Fsp3) is 0.483. The van der Waals surface area contributed by atoms with Crippen LogP contribution in [0.3, 0.4) is 0 Å². The van der Waals surface area contributed by atoms with Crippen molar-refractivity contribution in [2.45, 2.75) is 67.2 Å². The van der Waals surface area contributed by atoms with Crippen molar-refractivity contribution in [1.82, 2.24) is 0 Å².